The standard InChI is InChI=1S/C25H25N3O6S/c1-25(2,3)19-11-15(21-23(29)27-9-8-26-21)10-18(22(19)33-4)20-12-14-6-7-16(28-35(5,31)32)13-17(14)24(30)34-20/h6-13,28H,1-5H3,(H,27,29). The van der Waals surface area contributed by atoms with E-state index in [1.807, 2.05) is 26.8 Å². The van der Waals surface area contributed by atoms with Gasteiger partial charge in [0.15, 0.2) is 0 Å². The van der Waals surface area contributed by atoms with E-state index in [-0.39, 0.29) is 33.5 Å². The fraction of sp³-hybridized carbons (Fsp3) is 0.240. The quantitative estimate of drug-likeness (QED) is 0.429. The number of rotatable bonds is 5. The number of methoxy groups -OCH3 is 1. The zero-order chi connectivity index (χ0) is 25.5. The lowest BCUT2D eigenvalue weighted by Crippen LogP contribution is -2.15. The van der Waals surface area contributed by atoms with Crippen LogP contribution in [0.1, 0.15) is 26.3 Å². The van der Waals surface area contributed by atoms with Gasteiger partial charge in [0.05, 0.1) is 24.3 Å². The molecular weight excluding hydrogens is 470 g/mol. The number of benzene rings is 2. The summed E-state index contributed by atoms with van der Waals surface area (Å²) in [5.74, 6) is 0.745. The molecule has 0 unspecified atom stereocenters. The molecule has 0 bridgehead atoms. The van der Waals surface area contributed by atoms with Crippen LogP contribution in [0.5, 0.6) is 5.75 Å². The maximum atomic E-state index is 12.9. The first kappa shape index (κ1) is 24.2. The second kappa shape index (κ2) is 8.70. The van der Waals surface area contributed by atoms with Gasteiger partial charge in [0.2, 0.25) is 10.0 Å². The zero-order valence-corrected chi connectivity index (χ0v) is 20.7. The molecule has 0 spiro atoms. The minimum atomic E-state index is -3.51. The fourth-order valence-corrected chi connectivity index (χ4v) is 4.43. The first-order valence-corrected chi connectivity index (χ1v) is 12.6. The Balaban J connectivity index is 1.99. The highest BCUT2D eigenvalue weighted by Gasteiger charge is 2.25. The third kappa shape index (κ3) is 4.97. The van der Waals surface area contributed by atoms with E-state index in [1.54, 1.807) is 24.3 Å². The summed E-state index contributed by atoms with van der Waals surface area (Å²) in [7, 11) is -1.97. The molecule has 2 aromatic carbocycles. The fourth-order valence-electron chi connectivity index (χ4n) is 3.88. The number of anilines is 1. The molecule has 0 saturated heterocycles. The van der Waals surface area contributed by atoms with Crippen molar-refractivity contribution in [1.29, 1.82) is 0 Å². The van der Waals surface area contributed by atoms with Gasteiger partial charge in [0, 0.05) is 29.2 Å². The average Bonchev–Trinajstić information content (AvgIpc) is 2.77. The van der Waals surface area contributed by atoms with Crippen LogP contribution in [-0.4, -0.2) is 31.8 Å². The lowest BCUT2D eigenvalue weighted by atomic mass is 9.83. The number of nitrogens with zero attached hydrogens (tertiary/aromatic N) is 1. The van der Waals surface area contributed by atoms with Gasteiger partial charge in [0.25, 0.3) is 5.56 Å². The molecular formula is C25H25N3O6S. The highest BCUT2D eigenvalue weighted by molar-refractivity contribution is 7.92. The molecule has 10 heteroatoms. The van der Waals surface area contributed by atoms with Crippen molar-refractivity contribution in [1.82, 2.24) is 9.97 Å². The van der Waals surface area contributed by atoms with Crippen LogP contribution in [0.25, 0.3) is 33.4 Å². The number of ether oxygens (including phenoxy) is 1. The van der Waals surface area contributed by atoms with Crippen molar-refractivity contribution in [3.63, 3.8) is 0 Å². The van der Waals surface area contributed by atoms with Gasteiger partial charge in [-0.3, -0.25) is 9.52 Å². The van der Waals surface area contributed by atoms with E-state index < -0.39 is 15.6 Å². The maximum Gasteiger partial charge on any atom is 0.344 e. The van der Waals surface area contributed by atoms with Gasteiger partial charge in [-0.1, -0.05) is 26.8 Å². The second-order valence-corrected chi connectivity index (χ2v) is 10.9. The Kier molecular flexibility index (Phi) is 6.02. The molecule has 0 amide bonds. The number of nitrogens with one attached hydrogen (secondary N) is 2. The Bertz CT molecular complexity index is 1660. The van der Waals surface area contributed by atoms with Crippen LogP contribution in [0.4, 0.5) is 5.69 Å². The molecule has 4 aromatic rings. The van der Waals surface area contributed by atoms with Gasteiger partial charge in [0.1, 0.15) is 17.2 Å². The van der Waals surface area contributed by atoms with E-state index >= 15 is 0 Å². The van der Waals surface area contributed by atoms with Crippen LogP contribution in [0, 0.1) is 0 Å². The van der Waals surface area contributed by atoms with Crippen LogP contribution in [0.15, 0.2) is 62.8 Å². The maximum absolute atomic E-state index is 12.9. The number of hydrogen-bond donors (Lipinski definition) is 2. The molecule has 0 radical (unpaired) electrons. The van der Waals surface area contributed by atoms with Gasteiger partial charge < -0.3 is 14.1 Å². The minimum Gasteiger partial charge on any atom is -0.496 e. The summed E-state index contributed by atoms with van der Waals surface area (Å²) in [6.45, 7) is 6.02. The van der Waals surface area contributed by atoms with E-state index in [0.717, 1.165) is 11.8 Å². The molecule has 0 aliphatic carbocycles. The van der Waals surface area contributed by atoms with Gasteiger partial charge in [-0.2, -0.15) is 0 Å². The highest BCUT2D eigenvalue weighted by Crippen LogP contribution is 2.42. The van der Waals surface area contributed by atoms with Crippen LogP contribution < -0.4 is 20.6 Å². The molecule has 0 atom stereocenters. The van der Waals surface area contributed by atoms with Crippen molar-refractivity contribution in [2.24, 2.45) is 0 Å². The third-order valence-electron chi connectivity index (χ3n) is 5.41. The summed E-state index contributed by atoms with van der Waals surface area (Å²) in [6.07, 6.45) is 3.98. The van der Waals surface area contributed by atoms with E-state index in [1.165, 1.54) is 25.6 Å². The van der Waals surface area contributed by atoms with Gasteiger partial charge in [-0.05, 0) is 41.1 Å². The molecule has 2 heterocycles. The van der Waals surface area contributed by atoms with Crippen molar-refractivity contribution in [3.8, 4) is 28.3 Å². The Morgan fingerprint density at radius 2 is 1.83 bits per heavy atom. The summed E-state index contributed by atoms with van der Waals surface area (Å²) in [4.78, 5) is 32.3. The molecule has 0 aliphatic heterocycles. The van der Waals surface area contributed by atoms with Gasteiger partial charge >= 0.3 is 5.63 Å². The Hall–Kier alpha value is -3.92. The third-order valence-corrected chi connectivity index (χ3v) is 6.02. The van der Waals surface area contributed by atoms with Crippen LogP contribution in [-0.2, 0) is 15.4 Å². The van der Waals surface area contributed by atoms with E-state index in [0.29, 0.717) is 22.3 Å². The minimum absolute atomic E-state index is 0.217. The summed E-state index contributed by atoms with van der Waals surface area (Å²) < 4.78 is 36.9. The molecule has 0 saturated carbocycles. The summed E-state index contributed by atoms with van der Waals surface area (Å²) >= 11 is 0. The molecule has 0 fully saturated rings. The zero-order valence-electron chi connectivity index (χ0n) is 19.9. The molecule has 0 aliphatic rings. The average molecular weight is 496 g/mol. The Morgan fingerprint density at radius 3 is 2.46 bits per heavy atom. The van der Waals surface area contributed by atoms with E-state index in [4.69, 9.17) is 9.15 Å². The lowest BCUT2D eigenvalue weighted by molar-refractivity contribution is 0.397. The molecule has 2 N–H and O–H groups in total. The number of sulfonamides is 1. The lowest BCUT2D eigenvalue weighted by Gasteiger charge is -2.25. The van der Waals surface area contributed by atoms with Gasteiger partial charge in [-0.15, -0.1) is 0 Å². The van der Waals surface area contributed by atoms with Gasteiger partial charge in [-0.25, -0.2) is 18.2 Å². The van der Waals surface area contributed by atoms with Crippen LogP contribution in [0.2, 0.25) is 0 Å². The predicted octanol–water partition coefficient (Wildman–Crippen LogP) is 3.89. The molecule has 4 rings (SSSR count). The molecule has 9 nitrogen and oxygen atoms in total. The van der Waals surface area contributed by atoms with E-state index in [2.05, 4.69) is 14.7 Å². The van der Waals surface area contributed by atoms with Crippen LogP contribution in [0.3, 0.4) is 0 Å². The first-order valence-electron chi connectivity index (χ1n) is 10.7. The number of H-pyrrole nitrogens is 1. The van der Waals surface area contributed by atoms with Crippen LogP contribution >= 0.6 is 0 Å². The van der Waals surface area contributed by atoms with Crippen molar-refractivity contribution < 1.29 is 17.6 Å². The first-order chi connectivity index (χ1) is 16.4. The highest BCUT2D eigenvalue weighted by atomic mass is 32.2. The Morgan fingerprint density at radius 1 is 1.09 bits per heavy atom. The normalized spacial score (nSPS) is 12.0. The van der Waals surface area contributed by atoms with Crippen molar-refractivity contribution in [2.45, 2.75) is 26.2 Å². The smallest absolute Gasteiger partial charge is 0.344 e. The SMILES string of the molecule is COc1c(-c2cc3ccc(NS(C)(=O)=O)cc3c(=O)o2)cc(-c2ncc[nH]c2=O)cc1C(C)(C)C. The molecule has 2 aromatic heterocycles. The summed E-state index contributed by atoms with van der Waals surface area (Å²) in [6, 6.07) is 9.85. The number of aromatic amines is 1. The van der Waals surface area contributed by atoms with Crippen molar-refractivity contribution in [3.05, 3.63) is 75.1 Å². The second-order valence-electron chi connectivity index (χ2n) is 9.20. The predicted molar refractivity (Wildman–Crippen MR) is 135 cm³/mol. The largest absolute Gasteiger partial charge is 0.496 e. The van der Waals surface area contributed by atoms with Crippen molar-refractivity contribution >= 4 is 26.5 Å². The number of aromatic nitrogens is 2. The molecule has 35 heavy (non-hydrogen) atoms. The topological polar surface area (TPSA) is 131 Å². The Labute approximate surface area is 201 Å². The summed E-state index contributed by atoms with van der Waals surface area (Å²) in [5.41, 5.74) is 0.935. The van der Waals surface area contributed by atoms with E-state index in [9.17, 15) is 18.0 Å². The molecule has 182 valence electrons. The number of fused-ring (bicyclic) bond motifs is 1. The number of hydrogen-bond acceptors (Lipinski definition) is 7. The van der Waals surface area contributed by atoms with Crippen molar-refractivity contribution in [2.75, 3.05) is 18.1 Å². The monoisotopic (exact) mass is 495 g/mol. The summed E-state index contributed by atoms with van der Waals surface area (Å²) in [5, 5.41) is 0.769.